The fourth-order valence-electron chi connectivity index (χ4n) is 10.7. The highest BCUT2D eigenvalue weighted by Gasteiger charge is 2.28. The summed E-state index contributed by atoms with van der Waals surface area (Å²) in [6, 6.07) is 35.6. The quantitative estimate of drug-likeness (QED) is 0.0595. The van der Waals surface area contributed by atoms with Crippen LogP contribution in [0.1, 0.15) is 109 Å². The fourth-order valence-corrected chi connectivity index (χ4v) is 10.7. The summed E-state index contributed by atoms with van der Waals surface area (Å²) in [4.78, 5) is 88.1. The largest absolute Gasteiger partial charge is 0.464 e. The zero-order chi connectivity index (χ0) is 72.0. The number of carbonyl (C=O) groups excluding carboxylic acids is 5. The van der Waals surface area contributed by atoms with Crippen molar-refractivity contribution in [3.63, 3.8) is 0 Å². The van der Waals surface area contributed by atoms with Crippen LogP contribution >= 0.6 is 0 Å². The normalized spacial score (nSPS) is 17.3. The second-order valence-corrected chi connectivity index (χ2v) is 24.1. The molecule has 0 aliphatic carbocycles. The number of esters is 4. The summed E-state index contributed by atoms with van der Waals surface area (Å²) in [6.45, 7) is 18.1. The molecule has 4 aromatic heterocycles. The Bertz CT molecular complexity index is 3420. The summed E-state index contributed by atoms with van der Waals surface area (Å²) in [6.07, 6.45) is -0.550. The molecule has 1 amide bonds. The van der Waals surface area contributed by atoms with E-state index < -0.39 is 41.6 Å². The van der Waals surface area contributed by atoms with Gasteiger partial charge in [0.05, 0.1) is 169 Å². The standard InChI is InChI=1S/C39H53N5O10.C34H45N5O8/c1-39(2,3)54-38(47)41-30-14-12-29(13-15-30)35(32-9-7-11-34(42-32)37(46)49-5)44-18-22-52-26-24-50-20-16-43(17-21-51-25-27-53-23-19-44)28-31-8-6-10-33(40-31)36(45)48-4;1-42-33(40)30-7-3-5-28(36-30)25-38-13-17-44-21-23-46-19-15-39(16-20-47-24-22-45-18-14-38)32(26-9-11-27(35)12-10-26)29-6-4-8-31(37-29)34(41)43-2/h6-15,35H,16-28H2,1-5H3,(H,41,47);3-12,32H,13-25,35H2,1-2H3. The number of nitrogen functional groups attached to an aromatic ring is 1. The van der Waals surface area contributed by atoms with Crippen molar-refractivity contribution >= 4 is 41.3 Å². The molecule has 2 aliphatic heterocycles. The van der Waals surface area contributed by atoms with Crippen LogP contribution in [-0.4, -0.2) is 262 Å². The Kier molecular flexibility index (Phi) is 34.8. The Morgan fingerprint density at radius 3 is 1.02 bits per heavy atom. The van der Waals surface area contributed by atoms with E-state index in [1.165, 1.54) is 28.4 Å². The molecule has 0 spiro atoms. The molecule has 28 heteroatoms. The molecule has 548 valence electrons. The van der Waals surface area contributed by atoms with Gasteiger partial charge in [0, 0.05) is 76.8 Å². The van der Waals surface area contributed by atoms with E-state index in [1.54, 1.807) is 81.4 Å². The highest BCUT2D eigenvalue weighted by Crippen LogP contribution is 2.31. The number of benzene rings is 2. The lowest BCUT2D eigenvalue weighted by atomic mass is 10.00. The fraction of sp³-hybridized carbons (Fsp3) is 0.493. The average Bonchev–Trinajstić information content (AvgIpc) is 0.813. The van der Waals surface area contributed by atoms with Gasteiger partial charge in [-0.05, 0) is 105 Å². The molecule has 28 nitrogen and oxygen atoms in total. The molecule has 2 aromatic carbocycles. The number of carbonyl (C=O) groups is 5. The van der Waals surface area contributed by atoms with Crippen LogP contribution in [0, 0.1) is 0 Å². The van der Waals surface area contributed by atoms with Crippen LogP contribution in [0.4, 0.5) is 16.2 Å². The monoisotopic (exact) mass is 1400 g/mol. The Morgan fingerprint density at radius 2 is 0.703 bits per heavy atom. The molecule has 2 unspecified atom stereocenters. The molecule has 8 rings (SSSR count). The predicted octanol–water partition coefficient (Wildman–Crippen LogP) is 6.98. The van der Waals surface area contributed by atoms with Crippen molar-refractivity contribution in [2.75, 3.05) is 198 Å². The first-order valence-corrected chi connectivity index (χ1v) is 33.7. The second-order valence-electron chi connectivity index (χ2n) is 24.1. The summed E-state index contributed by atoms with van der Waals surface area (Å²) in [5, 5.41) is 2.78. The first-order valence-electron chi connectivity index (χ1n) is 33.7. The van der Waals surface area contributed by atoms with E-state index in [9.17, 15) is 24.0 Å². The van der Waals surface area contributed by atoms with Crippen LogP contribution in [-0.2, 0) is 74.7 Å². The highest BCUT2D eigenvalue weighted by atomic mass is 16.6. The van der Waals surface area contributed by atoms with E-state index in [-0.39, 0.29) is 28.8 Å². The number of hydrogen-bond acceptors (Lipinski definition) is 27. The van der Waals surface area contributed by atoms with Crippen LogP contribution in [0.5, 0.6) is 0 Å². The first-order chi connectivity index (χ1) is 49.0. The summed E-state index contributed by atoms with van der Waals surface area (Å²) in [7, 11) is 5.34. The van der Waals surface area contributed by atoms with Crippen molar-refractivity contribution < 1.29 is 85.6 Å². The highest BCUT2D eigenvalue weighted by molar-refractivity contribution is 5.88. The third-order valence-electron chi connectivity index (χ3n) is 15.7. The van der Waals surface area contributed by atoms with Gasteiger partial charge in [0.25, 0.3) is 0 Å². The third kappa shape index (κ3) is 28.5. The molecular formula is C73H98N10O18. The molecule has 2 aliphatic rings. The van der Waals surface area contributed by atoms with Gasteiger partial charge in [0.2, 0.25) is 0 Å². The maximum absolute atomic E-state index is 12.5. The van der Waals surface area contributed by atoms with Crippen LogP contribution < -0.4 is 11.1 Å². The second kappa shape index (κ2) is 44.0. The lowest BCUT2D eigenvalue weighted by Gasteiger charge is -2.32. The van der Waals surface area contributed by atoms with Gasteiger partial charge in [-0.2, -0.15) is 0 Å². The summed E-state index contributed by atoms with van der Waals surface area (Å²) < 4.78 is 72.6. The number of nitrogens with zero attached hydrogens (tertiary/aromatic N) is 8. The van der Waals surface area contributed by atoms with E-state index in [4.69, 9.17) is 72.3 Å². The minimum atomic E-state index is -0.634. The van der Waals surface area contributed by atoms with Crippen LogP contribution in [0.15, 0.2) is 121 Å². The number of anilines is 2. The number of rotatable bonds is 15. The SMILES string of the molecule is COC(=O)c1cccc(CN2CCOCCOCCN(C(c3ccc(N)cc3)c3cccc(C(=O)OC)n3)CCOCCOCC2)n1.COC(=O)c1cccc(CN2CCOCCOCCN(C(c3ccc(NC(=O)OC(C)(C)C)cc3)c3cccc(C(=O)OC)n3)CCOCCOCC2)n1. The molecule has 6 aromatic rings. The molecule has 0 radical (unpaired) electrons. The Morgan fingerprint density at radius 1 is 0.406 bits per heavy atom. The van der Waals surface area contributed by atoms with E-state index in [0.717, 1.165) is 22.5 Å². The first kappa shape index (κ1) is 79.8. The molecular weight excluding hydrogens is 1300 g/mol. The van der Waals surface area contributed by atoms with Gasteiger partial charge in [-0.1, -0.05) is 48.5 Å². The maximum Gasteiger partial charge on any atom is 0.412 e. The van der Waals surface area contributed by atoms with Crippen LogP contribution in [0.3, 0.4) is 0 Å². The smallest absolute Gasteiger partial charge is 0.412 e. The van der Waals surface area contributed by atoms with Gasteiger partial charge >= 0.3 is 30.0 Å². The molecule has 0 saturated carbocycles. The number of aromatic nitrogens is 4. The van der Waals surface area contributed by atoms with Crippen LogP contribution in [0.25, 0.3) is 0 Å². The predicted molar refractivity (Wildman–Crippen MR) is 373 cm³/mol. The van der Waals surface area contributed by atoms with E-state index in [1.807, 2.05) is 60.7 Å². The Balaban J connectivity index is 0.000000286. The summed E-state index contributed by atoms with van der Waals surface area (Å²) in [5.41, 5.74) is 12.2. The van der Waals surface area contributed by atoms with Crippen molar-refractivity contribution in [1.29, 1.82) is 0 Å². The minimum absolute atomic E-state index is 0.191. The number of pyridine rings is 4. The molecule has 6 heterocycles. The van der Waals surface area contributed by atoms with Crippen molar-refractivity contribution in [1.82, 2.24) is 39.5 Å². The van der Waals surface area contributed by atoms with Crippen molar-refractivity contribution in [3.05, 3.63) is 178 Å². The number of hydrogen-bond donors (Lipinski definition) is 2. The lowest BCUT2D eigenvalue weighted by Crippen LogP contribution is -2.36. The summed E-state index contributed by atoms with van der Waals surface area (Å²) >= 11 is 0. The molecule has 2 atom stereocenters. The molecule has 2 fully saturated rings. The average molecular weight is 1400 g/mol. The zero-order valence-corrected chi connectivity index (χ0v) is 59.1. The summed E-state index contributed by atoms with van der Waals surface area (Å²) in [5.74, 6) is -1.98. The number of ether oxygens (including phenoxy) is 13. The Hall–Kier alpha value is -8.49. The Labute approximate surface area is 591 Å². The lowest BCUT2D eigenvalue weighted by molar-refractivity contribution is 0.00330. The van der Waals surface area contributed by atoms with E-state index in [0.29, 0.717) is 194 Å². The van der Waals surface area contributed by atoms with Gasteiger partial charge in [0.1, 0.15) is 28.4 Å². The van der Waals surface area contributed by atoms with Gasteiger partial charge in [0.15, 0.2) is 0 Å². The number of methoxy groups -OCH3 is 4. The number of amides is 1. The molecule has 101 heavy (non-hydrogen) atoms. The van der Waals surface area contributed by atoms with E-state index in [2.05, 4.69) is 39.9 Å². The van der Waals surface area contributed by atoms with Crippen molar-refractivity contribution in [2.45, 2.75) is 51.5 Å². The van der Waals surface area contributed by atoms with Gasteiger partial charge < -0.3 is 67.3 Å². The van der Waals surface area contributed by atoms with Crippen molar-refractivity contribution in [3.8, 4) is 0 Å². The van der Waals surface area contributed by atoms with Gasteiger partial charge in [-0.25, -0.2) is 43.9 Å². The number of nitrogens with one attached hydrogen (secondary N) is 1. The van der Waals surface area contributed by atoms with E-state index >= 15 is 0 Å². The maximum atomic E-state index is 12.5. The zero-order valence-electron chi connectivity index (χ0n) is 59.1. The minimum Gasteiger partial charge on any atom is -0.464 e. The molecule has 0 bridgehead atoms. The molecule has 2 saturated heterocycles. The third-order valence-corrected chi connectivity index (χ3v) is 15.7. The van der Waals surface area contributed by atoms with Gasteiger partial charge in [-0.15, -0.1) is 0 Å². The van der Waals surface area contributed by atoms with Gasteiger partial charge in [-0.3, -0.25) is 24.9 Å². The number of nitrogens with two attached hydrogens (primary N) is 1. The van der Waals surface area contributed by atoms with Crippen molar-refractivity contribution in [2.24, 2.45) is 0 Å². The molecule has 3 N–H and O–H groups in total. The van der Waals surface area contributed by atoms with Crippen LogP contribution in [0.2, 0.25) is 0 Å². The topological polar surface area (TPSA) is 308 Å².